The molecule has 3 aliphatic rings. The lowest BCUT2D eigenvalue weighted by Crippen LogP contribution is -2.47. The Morgan fingerprint density at radius 1 is 1.13 bits per heavy atom. The summed E-state index contributed by atoms with van der Waals surface area (Å²) in [5.41, 5.74) is 1.75. The average Bonchev–Trinajstić information content (AvgIpc) is 3.12. The van der Waals surface area contributed by atoms with Gasteiger partial charge in [0.25, 0.3) is 5.91 Å². The number of nitrogens with one attached hydrogen (secondary N) is 1. The molecule has 3 aliphatic heterocycles. The van der Waals surface area contributed by atoms with Gasteiger partial charge in [0.2, 0.25) is 0 Å². The molecule has 1 unspecified atom stereocenters. The van der Waals surface area contributed by atoms with E-state index in [4.69, 9.17) is 14.2 Å². The summed E-state index contributed by atoms with van der Waals surface area (Å²) >= 11 is 0. The molecule has 2 aromatic rings. The molecule has 2 aromatic carbocycles. The highest BCUT2D eigenvalue weighted by Crippen LogP contribution is 2.33. The normalized spacial score (nSPS) is 26.9. The fourth-order valence-corrected chi connectivity index (χ4v) is 4.65. The van der Waals surface area contributed by atoms with Crippen LogP contribution in [-0.4, -0.2) is 55.8 Å². The number of hydrogen-bond donors (Lipinski definition) is 1. The average molecular weight is 408 g/mol. The molecule has 0 aliphatic carbocycles. The number of piperidine rings is 1. The van der Waals surface area contributed by atoms with Gasteiger partial charge in [-0.05, 0) is 49.1 Å². The fraction of sp³-hybridized carbons (Fsp3) is 0.458. The van der Waals surface area contributed by atoms with Gasteiger partial charge < -0.3 is 24.4 Å². The van der Waals surface area contributed by atoms with Crippen LogP contribution < -0.4 is 14.8 Å². The minimum absolute atomic E-state index is 0.0396. The van der Waals surface area contributed by atoms with Crippen molar-refractivity contribution in [3.8, 4) is 11.5 Å². The molecule has 5 rings (SSSR count). The van der Waals surface area contributed by atoms with E-state index in [1.807, 2.05) is 42.5 Å². The lowest BCUT2D eigenvalue weighted by atomic mass is 9.96. The summed E-state index contributed by atoms with van der Waals surface area (Å²) in [5.74, 6) is 1.97. The van der Waals surface area contributed by atoms with Crippen molar-refractivity contribution in [2.45, 2.75) is 31.6 Å². The number of carbonyl (C=O) groups is 1. The maximum absolute atomic E-state index is 12.7. The number of fused-ring (bicyclic) bond motifs is 3. The summed E-state index contributed by atoms with van der Waals surface area (Å²) in [7, 11) is 0. The van der Waals surface area contributed by atoms with Crippen LogP contribution in [0.4, 0.5) is 0 Å². The SMILES string of the molecule is O=C(N[C@@H]1C[C@@H]2CCN(C2)C1)c1ccc2c(c1)OC[C@@H](COCc1ccccc1)O2. The number of ether oxygens (including phenoxy) is 3. The highest BCUT2D eigenvalue weighted by Gasteiger charge is 2.33. The van der Waals surface area contributed by atoms with E-state index in [0.29, 0.717) is 36.9 Å². The van der Waals surface area contributed by atoms with Crippen molar-refractivity contribution in [2.24, 2.45) is 5.92 Å². The van der Waals surface area contributed by atoms with E-state index >= 15 is 0 Å². The molecule has 4 atom stereocenters. The first-order chi connectivity index (χ1) is 14.7. The van der Waals surface area contributed by atoms with Crippen LogP contribution in [0.2, 0.25) is 0 Å². The third-order valence-corrected chi connectivity index (χ3v) is 6.14. The third kappa shape index (κ3) is 4.45. The smallest absolute Gasteiger partial charge is 0.251 e. The first-order valence-electron chi connectivity index (χ1n) is 10.8. The van der Waals surface area contributed by atoms with Gasteiger partial charge in [0.1, 0.15) is 6.61 Å². The molecule has 0 saturated carbocycles. The van der Waals surface area contributed by atoms with E-state index in [1.54, 1.807) is 6.07 Å². The molecule has 2 fully saturated rings. The van der Waals surface area contributed by atoms with Crippen LogP contribution in [0, 0.1) is 5.92 Å². The van der Waals surface area contributed by atoms with Crippen LogP contribution in [0.5, 0.6) is 11.5 Å². The first kappa shape index (κ1) is 19.4. The van der Waals surface area contributed by atoms with E-state index in [9.17, 15) is 4.79 Å². The Balaban J connectivity index is 1.14. The van der Waals surface area contributed by atoms with Crippen LogP contribution in [0.1, 0.15) is 28.8 Å². The van der Waals surface area contributed by atoms with Crippen LogP contribution in [-0.2, 0) is 11.3 Å². The number of hydrogen-bond acceptors (Lipinski definition) is 5. The zero-order chi connectivity index (χ0) is 20.3. The van der Waals surface area contributed by atoms with Crippen molar-refractivity contribution in [1.29, 1.82) is 0 Å². The van der Waals surface area contributed by atoms with Gasteiger partial charge in [-0.1, -0.05) is 30.3 Å². The van der Waals surface area contributed by atoms with Gasteiger partial charge in [-0.25, -0.2) is 0 Å². The maximum Gasteiger partial charge on any atom is 0.251 e. The van der Waals surface area contributed by atoms with Crippen molar-refractivity contribution in [1.82, 2.24) is 10.2 Å². The second-order valence-electron chi connectivity index (χ2n) is 8.53. The molecule has 0 aromatic heterocycles. The zero-order valence-electron chi connectivity index (χ0n) is 17.1. The molecule has 6 nitrogen and oxygen atoms in total. The summed E-state index contributed by atoms with van der Waals surface area (Å²) in [6.07, 6.45) is 2.18. The molecule has 6 heteroatoms. The lowest BCUT2D eigenvalue weighted by Gasteiger charge is -2.30. The zero-order valence-corrected chi connectivity index (χ0v) is 17.1. The quantitative estimate of drug-likeness (QED) is 0.797. The summed E-state index contributed by atoms with van der Waals surface area (Å²) in [6.45, 7) is 4.72. The Hall–Kier alpha value is -2.57. The second-order valence-corrected chi connectivity index (χ2v) is 8.53. The summed E-state index contributed by atoms with van der Waals surface area (Å²) in [6, 6.07) is 15.7. The minimum Gasteiger partial charge on any atom is -0.486 e. The molecule has 0 radical (unpaired) electrons. The van der Waals surface area contributed by atoms with Crippen molar-refractivity contribution < 1.29 is 19.0 Å². The largest absolute Gasteiger partial charge is 0.486 e. The third-order valence-electron chi connectivity index (χ3n) is 6.14. The predicted molar refractivity (Wildman–Crippen MR) is 113 cm³/mol. The fourth-order valence-electron chi connectivity index (χ4n) is 4.65. The van der Waals surface area contributed by atoms with Crippen molar-refractivity contribution in [3.63, 3.8) is 0 Å². The molecule has 3 heterocycles. The number of rotatable bonds is 6. The highest BCUT2D eigenvalue weighted by atomic mass is 16.6. The van der Waals surface area contributed by atoms with Gasteiger partial charge in [0.15, 0.2) is 17.6 Å². The molecular formula is C24H28N2O4. The molecule has 158 valence electrons. The monoisotopic (exact) mass is 408 g/mol. The Labute approximate surface area is 177 Å². The predicted octanol–water partition coefficient (Wildman–Crippen LogP) is 2.87. The van der Waals surface area contributed by atoms with Crippen LogP contribution in [0.3, 0.4) is 0 Å². The standard InChI is InChI=1S/C24H28N2O4/c27-24(25-20-10-18-8-9-26(12-18)13-20)19-6-7-22-23(11-19)29-16-21(30-22)15-28-14-17-4-2-1-3-5-17/h1-7,11,18,20-21H,8-10,12-16H2,(H,25,27)/t18-,20+,21+/m0/s1. The molecule has 30 heavy (non-hydrogen) atoms. The Kier molecular flexibility index (Phi) is 5.60. The Morgan fingerprint density at radius 2 is 2.03 bits per heavy atom. The number of amides is 1. The van der Waals surface area contributed by atoms with Gasteiger partial charge >= 0.3 is 0 Å². The van der Waals surface area contributed by atoms with Gasteiger partial charge in [0, 0.05) is 24.7 Å². The summed E-state index contributed by atoms with van der Waals surface area (Å²) in [4.78, 5) is 15.2. The number of benzene rings is 2. The molecule has 1 N–H and O–H groups in total. The van der Waals surface area contributed by atoms with Crippen molar-refractivity contribution in [3.05, 3.63) is 59.7 Å². The van der Waals surface area contributed by atoms with Crippen molar-refractivity contribution in [2.75, 3.05) is 32.8 Å². The van der Waals surface area contributed by atoms with Crippen LogP contribution >= 0.6 is 0 Å². The van der Waals surface area contributed by atoms with E-state index in [1.165, 1.54) is 13.0 Å². The van der Waals surface area contributed by atoms with E-state index in [2.05, 4.69) is 10.2 Å². The topological polar surface area (TPSA) is 60.0 Å². The number of carbonyl (C=O) groups excluding carboxylic acids is 1. The van der Waals surface area contributed by atoms with E-state index < -0.39 is 0 Å². The Bertz CT molecular complexity index is 876. The van der Waals surface area contributed by atoms with Gasteiger partial charge in [0.05, 0.1) is 13.2 Å². The first-order valence-corrected chi connectivity index (χ1v) is 10.8. The summed E-state index contributed by atoms with van der Waals surface area (Å²) in [5, 5.41) is 3.20. The second kappa shape index (κ2) is 8.66. The van der Waals surface area contributed by atoms with Crippen molar-refractivity contribution >= 4 is 5.91 Å². The van der Waals surface area contributed by atoms with Gasteiger partial charge in [-0.2, -0.15) is 0 Å². The van der Waals surface area contributed by atoms with Gasteiger partial charge in [-0.15, -0.1) is 0 Å². The Morgan fingerprint density at radius 3 is 2.90 bits per heavy atom. The van der Waals surface area contributed by atoms with E-state index in [0.717, 1.165) is 31.0 Å². The molecule has 2 bridgehead atoms. The molecular weight excluding hydrogens is 380 g/mol. The lowest BCUT2D eigenvalue weighted by molar-refractivity contribution is 0.00268. The summed E-state index contributed by atoms with van der Waals surface area (Å²) < 4.78 is 17.6. The molecule has 0 spiro atoms. The number of nitrogens with zero attached hydrogens (tertiary/aromatic N) is 1. The van der Waals surface area contributed by atoms with E-state index in [-0.39, 0.29) is 18.1 Å². The molecule has 1 amide bonds. The van der Waals surface area contributed by atoms with Gasteiger partial charge in [-0.3, -0.25) is 4.79 Å². The maximum atomic E-state index is 12.7. The van der Waals surface area contributed by atoms with Crippen LogP contribution in [0.15, 0.2) is 48.5 Å². The molecule has 2 saturated heterocycles. The van der Waals surface area contributed by atoms with Crippen LogP contribution in [0.25, 0.3) is 0 Å². The minimum atomic E-state index is -0.160. The highest BCUT2D eigenvalue weighted by molar-refractivity contribution is 5.95.